The van der Waals surface area contributed by atoms with Gasteiger partial charge in [0.15, 0.2) is 0 Å². The standard InChI is InChI=1S/C16H29NO2/c1-13(2)16-14(17-16)11-9-7-5-3-4-6-8-10-12-19-15(16)18/h13-14,17H,3-12H2,1-2H3/t14?,16-/m1/s1. The average molecular weight is 267 g/mol. The zero-order valence-electron chi connectivity index (χ0n) is 12.5. The number of carbonyl (C=O) groups excluding carboxylic acids is 1. The molecule has 1 N–H and O–H groups in total. The molecule has 2 fully saturated rings. The van der Waals surface area contributed by atoms with Crippen LogP contribution in [-0.4, -0.2) is 24.2 Å². The lowest BCUT2D eigenvalue weighted by molar-refractivity contribution is -0.148. The minimum Gasteiger partial charge on any atom is -0.464 e. The van der Waals surface area contributed by atoms with Gasteiger partial charge in [0, 0.05) is 6.04 Å². The Morgan fingerprint density at radius 3 is 2.26 bits per heavy atom. The molecule has 0 spiro atoms. The summed E-state index contributed by atoms with van der Waals surface area (Å²) in [5.74, 6) is 0.308. The summed E-state index contributed by atoms with van der Waals surface area (Å²) in [6, 6.07) is 0.350. The summed E-state index contributed by atoms with van der Waals surface area (Å²) < 4.78 is 5.50. The highest BCUT2D eigenvalue weighted by molar-refractivity contribution is 5.86. The van der Waals surface area contributed by atoms with E-state index in [0.29, 0.717) is 18.6 Å². The van der Waals surface area contributed by atoms with Crippen molar-refractivity contribution in [3.8, 4) is 0 Å². The van der Waals surface area contributed by atoms with Gasteiger partial charge in [0.2, 0.25) is 0 Å². The fraction of sp³-hybridized carbons (Fsp3) is 0.938. The summed E-state index contributed by atoms with van der Waals surface area (Å²) in [4.78, 5) is 12.3. The van der Waals surface area contributed by atoms with Crippen LogP contribution in [0.2, 0.25) is 0 Å². The first-order valence-corrected chi connectivity index (χ1v) is 8.13. The number of hydrogen-bond acceptors (Lipinski definition) is 3. The predicted octanol–water partition coefficient (Wildman–Crippen LogP) is 3.42. The largest absolute Gasteiger partial charge is 0.464 e. The van der Waals surface area contributed by atoms with Crippen LogP contribution in [0.1, 0.15) is 71.6 Å². The molecule has 2 aliphatic rings. The number of nitrogens with one attached hydrogen (secondary N) is 1. The van der Waals surface area contributed by atoms with Crippen molar-refractivity contribution in [1.29, 1.82) is 0 Å². The molecule has 0 aliphatic carbocycles. The number of cyclic esters (lactones) is 1. The Balaban J connectivity index is 1.91. The zero-order valence-corrected chi connectivity index (χ0v) is 12.5. The van der Waals surface area contributed by atoms with Crippen molar-refractivity contribution >= 4 is 5.97 Å². The van der Waals surface area contributed by atoms with Crippen LogP contribution in [0.5, 0.6) is 0 Å². The van der Waals surface area contributed by atoms with Crippen LogP contribution in [0.15, 0.2) is 0 Å². The molecule has 2 heterocycles. The molecule has 0 aromatic rings. The van der Waals surface area contributed by atoms with E-state index in [-0.39, 0.29) is 11.5 Å². The molecule has 1 unspecified atom stereocenters. The molecule has 2 aliphatic heterocycles. The summed E-state index contributed by atoms with van der Waals surface area (Å²) in [6.07, 6.45) is 11.2. The molecule has 0 aromatic carbocycles. The quantitative estimate of drug-likeness (QED) is 0.585. The van der Waals surface area contributed by atoms with Crippen LogP contribution in [-0.2, 0) is 9.53 Å². The molecule has 0 aromatic heterocycles. The fourth-order valence-corrected chi connectivity index (χ4v) is 3.35. The zero-order chi connectivity index (χ0) is 13.7. The molecule has 110 valence electrons. The van der Waals surface area contributed by atoms with E-state index in [2.05, 4.69) is 19.2 Å². The Morgan fingerprint density at radius 2 is 1.63 bits per heavy atom. The van der Waals surface area contributed by atoms with Crippen molar-refractivity contribution in [1.82, 2.24) is 5.32 Å². The van der Waals surface area contributed by atoms with Crippen molar-refractivity contribution < 1.29 is 9.53 Å². The minimum atomic E-state index is -0.371. The first-order valence-electron chi connectivity index (χ1n) is 8.13. The number of hydrogen-bond donors (Lipinski definition) is 1. The van der Waals surface area contributed by atoms with Gasteiger partial charge in [-0.15, -0.1) is 0 Å². The molecule has 2 rings (SSSR count). The SMILES string of the molecule is CC(C)[C@@]12NC1CCCCCCCCCCOC2=O. The Bertz CT molecular complexity index is 303. The van der Waals surface area contributed by atoms with Crippen molar-refractivity contribution in [3.05, 3.63) is 0 Å². The molecule has 0 bridgehead atoms. The maximum absolute atomic E-state index is 12.3. The smallest absolute Gasteiger partial charge is 0.328 e. The average Bonchev–Trinajstić information content (AvgIpc) is 3.11. The second kappa shape index (κ2) is 6.74. The van der Waals surface area contributed by atoms with Gasteiger partial charge in [0.1, 0.15) is 5.54 Å². The van der Waals surface area contributed by atoms with Crippen LogP contribution < -0.4 is 5.32 Å². The number of esters is 1. The van der Waals surface area contributed by atoms with Crippen molar-refractivity contribution in [3.63, 3.8) is 0 Å². The van der Waals surface area contributed by atoms with E-state index in [4.69, 9.17) is 4.74 Å². The normalized spacial score (nSPS) is 34.3. The van der Waals surface area contributed by atoms with E-state index in [9.17, 15) is 4.79 Å². The molecular weight excluding hydrogens is 238 g/mol. The van der Waals surface area contributed by atoms with E-state index in [1.165, 1.54) is 44.9 Å². The molecule has 0 radical (unpaired) electrons. The van der Waals surface area contributed by atoms with E-state index in [1.807, 2.05) is 0 Å². The highest BCUT2D eigenvalue weighted by atomic mass is 16.5. The maximum Gasteiger partial charge on any atom is 0.328 e. The molecule has 0 saturated carbocycles. The second-order valence-electron chi connectivity index (χ2n) is 6.47. The Morgan fingerprint density at radius 1 is 1.05 bits per heavy atom. The van der Waals surface area contributed by atoms with Gasteiger partial charge in [-0.1, -0.05) is 58.8 Å². The van der Waals surface area contributed by atoms with E-state index in [1.54, 1.807) is 0 Å². The second-order valence-corrected chi connectivity index (χ2v) is 6.47. The van der Waals surface area contributed by atoms with Gasteiger partial charge in [-0.05, 0) is 18.8 Å². The van der Waals surface area contributed by atoms with Gasteiger partial charge in [-0.2, -0.15) is 0 Å². The summed E-state index contributed by atoms with van der Waals surface area (Å²) >= 11 is 0. The lowest BCUT2D eigenvalue weighted by Gasteiger charge is -2.18. The highest BCUT2D eigenvalue weighted by Gasteiger charge is 2.62. The van der Waals surface area contributed by atoms with Crippen molar-refractivity contribution in [2.45, 2.75) is 83.2 Å². The van der Waals surface area contributed by atoms with Gasteiger partial charge in [0.05, 0.1) is 6.61 Å². The first kappa shape index (κ1) is 14.8. The molecule has 2 saturated heterocycles. The van der Waals surface area contributed by atoms with Gasteiger partial charge < -0.3 is 4.74 Å². The number of fused-ring (bicyclic) bond motifs is 1. The van der Waals surface area contributed by atoms with Gasteiger partial charge in [-0.25, -0.2) is 4.79 Å². The van der Waals surface area contributed by atoms with Gasteiger partial charge in [-0.3, -0.25) is 5.32 Å². The highest BCUT2D eigenvalue weighted by Crippen LogP contribution is 2.39. The monoisotopic (exact) mass is 267 g/mol. The van der Waals surface area contributed by atoms with E-state index < -0.39 is 0 Å². The molecule has 0 amide bonds. The van der Waals surface area contributed by atoms with Crippen LogP contribution in [0.4, 0.5) is 0 Å². The van der Waals surface area contributed by atoms with Crippen LogP contribution in [0.3, 0.4) is 0 Å². The molecule has 19 heavy (non-hydrogen) atoms. The third kappa shape index (κ3) is 3.50. The van der Waals surface area contributed by atoms with Crippen molar-refractivity contribution in [2.75, 3.05) is 6.61 Å². The topological polar surface area (TPSA) is 48.2 Å². The fourth-order valence-electron chi connectivity index (χ4n) is 3.35. The predicted molar refractivity (Wildman–Crippen MR) is 77.0 cm³/mol. The van der Waals surface area contributed by atoms with E-state index in [0.717, 1.165) is 12.8 Å². The number of rotatable bonds is 1. The van der Waals surface area contributed by atoms with Gasteiger partial charge in [0.25, 0.3) is 0 Å². The molecule has 2 atom stereocenters. The number of carbonyl (C=O) groups is 1. The van der Waals surface area contributed by atoms with Gasteiger partial charge >= 0.3 is 5.97 Å². The Labute approximate surface area is 117 Å². The lowest BCUT2D eigenvalue weighted by Crippen LogP contribution is -2.37. The van der Waals surface area contributed by atoms with Crippen LogP contribution in [0.25, 0.3) is 0 Å². The van der Waals surface area contributed by atoms with E-state index >= 15 is 0 Å². The minimum absolute atomic E-state index is 0.00967. The molecule has 3 nitrogen and oxygen atoms in total. The van der Waals surface area contributed by atoms with Crippen LogP contribution in [0, 0.1) is 5.92 Å². The lowest BCUT2D eigenvalue weighted by atomic mass is 9.89. The molecular formula is C16H29NO2. The third-order valence-corrected chi connectivity index (χ3v) is 4.75. The maximum atomic E-state index is 12.3. The molecule has 3 heteroatoms. The summed E-state index contributed by atoms with van der Waals surface area (Å²) in [5, 5.41) is 3.43. The van der Waals surface area contributed by atoms with Crippen LogP contribution >= 0.6 is 0 Å². The first-order chi connectivity index (χ1) is 9.18. The summed E-state index contributed by atoms with van der Waals surface area (Å²) in [6.45, 7) is 4.84. The summed E-state index contributed by atoms with van der Waals surface area (Å²) in [5.41, 5.74) is -0.371. The summed E-state index contributed by atoms with van der Waals surface area (Å²) in [7, 11) is 0. The number of ether oxygens (including phenoxy) is 1. The Hall–Kier alpha value is -0.570. The Kier molecular flexibility index (Phi) is 5.26. The van der Waals surface area contributed by atoms with Crippen molar-refractivity contribution in [2.24, 2.45) is 5.92 Å². The third-order valence-electron chi connectivity index (χ3n) is 4.75.